The van der Waals surface area contributed by atoms with Crippen molar-refractivity contribution in [3.63, 3.8) is 0 Å². The van der Waals surface area contributed by atoms with Crippen molar-refractivity contribution < 1.29 is 24.4 Å². The van der Waals surface area contributed by atoms with Crippen LogP contribution in [0.2, 0.25) is 0 Å². The number of ether oxygens (including phenoxy) is 3. The summed E-state index contributed by atoms with van der Waals surface area (Å²) in [6.45, 7) is 13.3. The molecule has 5 nitrogen and oxygen atoms in total. The van der Waals surface area contributed by atoms with E-state index in [0.717, 1.165) is 39.5 Å². The third kappa shape index (κ3) is 3.84. The van der Waals surface area contributed by atoms with Crippen LogP contribution in [0.4, 0.5) is 0 Å². The molecule has 2 aromatic rings. The summed E-state index contributed by atoms with van der Waals surface area (Å²) in [5, 5.41) is 19.3. The molecule has 2 heterocycles. The molecule has 168 valence electrons. The summed E-state index contributed by atoms with van der Waals surface area (Å²) in [6.07, 6.45) is 2.00. The van der Waals surface area contributed by atoms with Gasteiger partial charge in [0, 0.05) is 47.8 Å². The minimum atomic E-state index is -0.776. The monoisotopic (exact) mass is 426 g/mol. The number of aliphatic hydroxyl groups excluding tert-OH is 1. The Bertz CT molecular complexity index is 1010. The van der Waals surface area contributed by atoms with Gasteiger partial charge < -0.3 is 24.4 Å². The molecule has 2 aliphatic heterocycles. The molecule has 1 spiro atoms. The minimum Gasteiger partial charge on any atom is -0.508 e. The largest absolute Gasteiger partial charge is 0.508 e. The quantitative estimate of drug-likeness (QED) is 0.651. The first kappa shape index (κ1) is 21.8. The molecule has 0 saturated heterocycles. The van der Waals surface area contributed by atoms with Gasteiger partial charge in [-0.25, -0.2) is 0 Å². The fourth-order valence-electron chi connectivity index (χ4n) is 5.13. The van der Waals surface area contributed by atoms with E-state index in [9.17, 15) is 5.11 Å². The summed E-state index contributed by atoms with van der Waals surface area (Å²) in [4.78, 5) is 0. The molecule has 1 unspecified atom stereocenters. The highest BCUT2D eigenvalue weighted by atomic mass is 16.7. The number of aromatic hydroxyl groups is 1. The molecule has 31 heavy (non-hydrogen) atoms. The van der Waals surface area contributed by atoms with Crippen molar-refractivity contribution in [1.29, 1.82) is 0 Å². The number of hydrogen-bond donors (Lipinski definition) is 2. The lowest BCUT2D eigenvalue weighted by molar-refractivity contribution is -0.166. The van der Waals surface area contributed by atoms with Gasteiger partial charge in [0.1, 0.15) is 23.0 Å². The summed E-state index contributed by atoms with van der Waals surface area (Å²) < 4.78 is 19.1. The predicted molar refractivity (Wildman–Crippen MR) is 120 cm³/mol. The first-order valence-corrected chi connectivity index (χ1v) is 11.1. The molecule has 0 aliphatic carbocycles. The van der Waals surface area contributed by atoms with Gasteiger partial charge in [-0.3, -0.25) is 0 Å². The molecule has 2 aliphatic rings. The third-order valence-electron chi connectivity index (χ3n) is 6.61. The Kier molecular flexibility index (Phi) is 5.16. The van der Waals surface area contributed by atoms with Crippen molar-refractivity contribution in [3.8, 4) is 23.0 Å². The van der Waals surface area contributed by atoms with E-state index in [0.29, 0.717) is 31.6 Å². The Hall–Kier alpha value is -2.40. The van der Waals surface area contributed by atoms with Gasteiger partial charge in [-0.2, -0.15) is 0 Å². The lowest BCUT2D eigenvalue weighted by Crippen LogP contribution is -2.55. The average Bonchev–Trinajstić information content (AvgIpc) is 2.63. The number of rotatable bonds is 4. The Labute approximate surface area is 185 Å². The molecule has 0 fully saturated rings. The number of benzene rings is 2. The average molecular weight is 427 g/mol. The second kappa shape index (κ2) is 7.33. The van der Waals surface area contributed by atoms with Crippen LogP contribution in [0.25, 0.3) is 0 Å². The van der Waals surface area contributed by atoms with E-state index in [2.05, 4.69) is 33.8 Å². The highest BCUT2D eigenvalue weighted by Crippen LogP contribution is 2.55. The van der Waals surface area contributed by atoms with Crippen LogP contribution in [0.5, 0.6) is 23.0 Å². The van der Waals surface area contributed by atoms with E-state index in [1.54, 1.807) is 0 Å². The van der Waals surface area contributed by atoms with Crippen molar-refractivity contribution >= 4 is 0 Å². The maximum atomic E-state index is 10.2. The van der Waals surface area contributed by atoms with Gasteiger partial charge in [-0.05, 0) is 49.2 Å². The molecule has 4 rings (SSSR count). The Morgan fingerprint density at radius 1 is 0.871 bits per heavy atom. The van der Waals surface area contributed by atoms with Crippen LogP contribution in [0.3, 0.4) is 0 Å². The smallest absolute Gasteiger partial charge is 0.252 e. The van der Waals surface area contributed by atoms with Gasteiger partial charge in [0.2, 0.25) is 0 Å². The molecular weight excluding hydrogens is 392 g/mol. The van der Waals surface area contributed by atoms with Crippen LogP contribution < -0.4 is 14.2 Å². The van der Waals surface area contributed by atoms with Crippen molar-refractivity contribution in [2.75, 3.05) is 13.2 Å². The molecule has 1 atom stereocenters. The van der Waals surface area contributed by atoms with Gasteiger partial charge in [0.05, 0.1) is 6.61 Å². The lowest BCUT2D eigenvalue weighted by atomic mass is 9.69. The van der Waals surface area contributed by atoms with E-state index < -0.39 is 5.79 Å². The molecule has 5 heteroatoms. The van der Waals surface area contributed by atoms with Gasteiger partial charge in [-0.1, -0.05) is 27.7 Å². The molecule has 0 amide bonds. The third-order valence-corrected chi connectivity index (χ3v) is 6.61. The molecular formula is C26H34O5. The summed E-state index contributed by atoms with van der Waals surface area (Å²) in [7, 11) is 0. The van der Waals surface area contributed by atoms with Crippen molar-refractivity contribution in [1.82, 2.24) is 0 Å². The molecule has 0 bridgehead atoms. The number of phenolic OH excluding ortho intramolecular Hbond substituents is 1. The van der Waals surface area contributed by atoms with Gasteiger partial charge in [-0.15, -0.1) is 0 Å². The number of aryl methyl sites for hydroxylation is 2. The SMILES string of the molecule is Cc1cc2c(cc1O)C(C)(C)CC1(CC(C)(C)c3cc(OCCCO)c(C)cc3O1)O2. The normalized spacial score (nSPS) is 22.8. The topological polar surface area (TPSA) is 68.2 Å². The molecule has 2 N–H and O–H groups in total. The maximum absolute atomic E-state index is 10.2. The van der Waals surface area contributed by atoms with Crippen LogP contribution in [0, 0.1) is 13.8 Å². The summed E-state index contributed by atoms with van der Waals surface area (Å²) in [5.41, 5.74) is 3.52. The Balaban J connectivity index is 1.73. The number of fused-ring (bicyclic) bond motifs is 2. The molecule has 0 saturated carbocycles. The van der Waals surface area contributed by atoms with Crippen molar-refractivity contribution in [3.05, 3.63) is 46.5 Å². The van der Waals surface area contributed by atoms with Crippen LogP contribution in [0.15, 0.2) is 24.3 Å². The van der Waals surface area contributed by atoms with Gasteiger partial charge in [0.25, 0.3) is 5.79 Å². The second-order valence-corrected chi connectivity index (χ2v) is 10.4. The highest BCUT2D eigenvalue weighted by molar-refractivity contribution is 5.53. The molecule has 0 radical (unpaired) electrons. The van der Waals surface area contributed by atoms with Crippen LogP contribution >= 0.6 is 0 Å². The zero-order valence-corrected chi connectivity index (χ0v) is 19.5. The summed E-state index contributed by atoms with van der Waals surface area (Å²) >= 11 is 0. The minimum absolute atomic E-state index is 0.118. The van der Waals surface area contributed by atoms with Crippen LogP contribution in [-0.2, 0) is 10.8 Å². The fraction of sp³-hybridized carbons (Fsp3) is 0.538. The zero-order chi connectivity index (χ0) is 22.6. The maximum Gasteiger partial charge on any atom is 0.252 e. The zero-order valence-electron chi connectivity index (χ0n) is 19.5. The van der Waals surface area contributed by atoms with Gasteiger partial charge >= 0.3 is 0 Å². The summed E-state index contributed by atoms with van der Waals surface area (Å²) in [6, 6.07) is 7.88. The second-order valence-electron chi connectivity index (χ2n) is 10.4. The van der Waals surface area contributed by atoms with E-state index >= 15 is 0 Å². The highest BCUT2D eigenvalue weighted by Gasteiger charge is 2.53. The van der Waals surface area contributed by atoms with Crippen molar-refractivity contribution in [2.45, 2.75) is 77.4 Å². The first-order chi connectivity index (χ1) is 14.5. The van der Waals surface area contributed by atoms with Crippen LogP contribution in [-0.4, -0.2) is 29.2 Å². The number of aliphatic hydroxyl groups is 1. The van der Waals surface area contributed by atoms with E-state index in [1.807, 2.05) is 32.0 Å². The Morgan fingerprint density at radius 3 is 2.00 bits per heavy atom. The Morgan fingerprint density at radius 2 is 1.42 bits per heavy atom. The number of hydrogen-bond acceptors (Lipinski definition) is 5. The van der Waals surface area contributed by atoms with Gasteiger partial charge in [0.15, 0.2) is 0 Å². The molecule has 0 aromatic heterocycles. The van der Waals surface area contributed by atoms with E-state index in [-0.39, 0.29) is 17.4 Å². The van der Waals surface area contributed by atoms with E-state index in [4.69, 9.17) is 19.3 Å². The standard InChI is InChI=1S/C26H34O5/c1-16-10-22-18(12-20(16)28)24(3,4)14-26(30-22)15-25(5,6)19-13-21(29-9-7-8-27)17(2)11-23(19)31-26/h10-13,27-28H,7-9,14-15H2,1-6H3. The molecule has 2 aromatic carbocycles. The fourth-order valence-corrected chi connectivity index (χ4v) is 5.13. The summed E-state index contributed by atoms with van der Waals surface area (Å²) in [5.74, 6) is 1.97. The predicted octanol–water partition coefficient (Wildman–Crippen LogP) is 5.29. The van der Waals surface area contributed by atoms with Crippen molar-refractivity contribution in [2.24, 2.45) is 0 Å². The number of phenols is 1. The lowest BCUT2D eigenvalue weighted by Gasteiger charge is -2.51. The first-order valence-electron chi connectivity index (χ1n) is 11.1. The van der Waals surface area contributed by atoms with E-state index in [1.165, 1.54) is 0 Å². The van der Waals surface area contributed by atoms with Crippen LogP contribution in [0.1, 0.15) is 69.2 Å².